The smallest absolute Gasteiger partial charge is 0.266 e. The highest BCUT2D eigenvalue weighted by Gasteiger charge is 2.47. The number of carbonyl (C=O) groups is 1. The monoisotopic (exact) mass is 458 g/mol. The van der Waals surface area contributed by atoms with E-state index in [1.807, 2.05) is 6.07 Å². The summed E-state index contributed by atoms with van der Waals surface area (Å²) < 4.78 is 11.4. The number of ether oxygens (including phenoxy) is 2. The molecule has 0 aliphatic carbocycles. The van der Waals surface area contributed by atoms with Gasteiger partial charge in [0.1, 0.15) is 39.2 Å². The van der Waals surface area contributed by atoms with Gasteiger partial charge in [-0.05, 0) is 44.4 Å². The first kappa shape index (κ1) is 28.1. The number of benzene rings is 2. The minimum absolute atomic E-state index is 0.0164. The second kappa shape index (κ2) is 9.76. The number of nitrogens with zero attached hydrogens (tertiary/aromatic N) is 2. The quantitative estimate of drug-likeness (QED) is 0.439. The highest BCUT2D eigenvalue weighted by molar-refractivity contribution is 6.65. The largest absolute Gasteiger partial charge is 0.493 e. The lowest BCUT2D eigenvalue weighted by atomic mass is 9.36. The van der Waals surface area contributed by atoms with E-state index in [1.165, 1.54) is 18.1 Å². The summed E-state index contributed by atoms with van der Waals surface area (Å²) in [6.07, 6.45) is 0.869. The Balaban J connectivity index is 2.06. The van der Waals surface area contributed by atoms with Crippen LogP contribution in [0.4, 0.5) is 0 Å². The molecule has 0 bridgehead atoms. The Hall–Kier alpha value is -2.48. The predicted molar refractivity (Wildman–Crippen MR) is 148 cm³/mol. The second-order valence-electron chi connectivity index (χ2n) is 9.41. The number of nitriles is 1. The summed E-state index contributed by atoms with van der Waals surface area (Å²) in [4.78, 5) is 15.3. The molecule has 0 aromatic heterocycles. The van der Waals surface area contributed by atoms with Crippen LogP contribution in [-0.4, -0.2) is 92.8 Å². The molecule has 162 valence electrons. The van der Waals surface area contributed by atoms with Gasteiger partial charge in [0.2, 0.25) is 0 Å². The lowest BCUT2D eigenvalue weighted by molar-refractivity contribution is -0.147. The third-order valence-corrected chi connectivity index (χ3v) is 6.36. The second-order valence-corrected chi connectivity index (χ2v) is 9.41. The molecule has 16 radical (unpaired) electrons. The van der Waals surface area contributed by atoms with Crippen LogP contribution >= 0.6 is 0 Å². The van der Waals surface area contributed by atoms with E-state index in [1.54, 1.807) is 26.0 Å². The molecule has 1 heterocycles. The molecule has 1 aliphatic heterocycles. The molecule has 1 aliphatic rings. The number of carbonyl (C=O) groups excluding carboxylic acids is 1. The third-order valence-electron chi connectivity index (χ3n) is 6.36. The SMILES string of the molecule is [B]c1c([B])c([C@]2([B])CCCN2C(=O)C(C)(C)Oc2ccc(C#N)cc2OC)c([B])c([B])c1C([B])([B])[B]. The zero-order valence-corrected chi connectivity index (χ0v) is 20.6. The Kier molecular flexibility index (Phi) is 7.62. The number of methoxy groups -OCH3 is 1. The molecule has 1 fully saturated rings. The van der Waals surface area contributed by atoms with Crippen molar-refractivity contribution in [3.8, 4) is 17.6 Å². The molecule has 5 nitrogen and oxygen atoms in total. The molecule has 1 saturated heterocycles. The Morgan fingerprint density at radius 2 is 1.64 bits per heavy atom. The minimum atomic E-state index is -1.90. The summed E-state index contributed by atoms with van der Waals surface area (Å²) >= 11 is 0. The average molecular weight is 457 g/mol. The first-order chi connectivity index (χ1) is 16.6. The van der Waals surface area contributed by atoms with Crippen molar-refractivity contribution in [1.82, 2.24) is 4.90 Å². The lowest BCUT2D eigenvalue weighted by Gasteiger charge is -2.44. The average Bonchev–Trinajstić information content (AvgIpc) is 3.18. The zero-order valence-electron chi connectivity index (χ0n) is 20.6. The highest BCUT2D eigenvalue weighted by Crippen LogP contribution is 2.38. The predicted octanol–water partition coefficient (Wildman–Crippen LogP) is -2.84. The van der Waals surface area contributed by atoms with E-state index in [2.05, 4.69) is 0 Å². The van der Waals surface area contributed by atoms with Gasteiger partial charge in [-0.2, -0.15) is 5.26 Å². The van der Waals surface area contributed by atoms with E-state index >= 15 is 0 Å². The molecule has 0 spiro atoms. The molecular formula is C23H18B8N2O3. The van der Waals surface area contributed by atoms with Crippen molar-refractivity contribution < 1.29 is 14.3 Å². The Morgan fingerprint density at radius 1 is 1.06 bits per heavy atom. The van der Waals surface area contributed by atoms with Gasteiger partial charge in [0.05, 0.1) is 42.3 Å². The van der Waals surface area contributed by atoms with E-state index in [0.29, 0.717) is 30.7 Å². The molecule has 0 unspecified atom stereocenters. The summed E-state index contributed by atoms with van der Waals surface area (Å²) in [7, 11) is 50.9. The van der Waals surface area contributed by atoms with Crippen LogP contribution in [0.25, 0.3) is 0 Å². The van der Waals surface area contributed by atoms with E-state index < -0.39 is 22.1 Å². The van der Waals surface area contributed by atoms with Crippen molar-refractivity contribution in [2.24, 2.45) is 0 Å². The molecule has 2 aromatic rings. The molecule has 0 N–H and O–H groups in total. The molecule has 2 aromatic carbocycles. The highest BCUT2D eigenvalue weighted by atomic mass is 16.5. The van der Waals surface area contributed by atoms with Gasteiger partial charge in [-0.3, -0.25) is 4.79 Å². The maximum Gasteiger partial charge on any atom is 0.266 e. The van der Waals surface area contributed by atoms with Crippen LogP contribution in [0.2, 0.25) is 0 Å². The van der Waals surface area contributed by atoms with Crippen molar-refractivity contribution in [2.45, 2.75) is 42.8 Å². The topological polar surface area (TPSA) is 62.6 Å². The minimum Gasteiger partial charge on any atom is -0.493 e. The number of likely N-dealkylation sites (tertiary alicyclic amines) is 1. The standard InChI is InChI=1S/C23H18B8N2O3/c1-21(2,36-12-6-5-11(10-32)9-13(12)35-3)20(34)33-8-4-7-22(33,28)14-16(24)18(26)15(23(29,30)31)19(27)17(14)25/h5-6,9H,4,7-8H2,1-3H3/t22-/m0/s1. The van der Waals surface area contributed by atoms with Gasteiger partial charge in [0.25, 0.3) is 5.91 Å². The van der Waals surface area contributed by atoms with Crippen LogP contribution in [-0.2, 0) is 15.3 Å². The van der Waals surface area contributed by atoms with Crippen LogP contribution < -0.4 is 31.3 Å². The fraction of sp³-hybridized carbons (Fsp3) is 0.391. The first-order valence-corrected chi connectivity index (χ1v) is 11.1. The molecule has 13 heteroatoms. The van der Waals surface area contributed by atoms with E-state index in [0.717, 1.165) is 0 Å². The summed E-state index contributed by atoms with van der Waals surface area (Å²) in [5.74, 6) is 0.132. The van der Waals surface area contributed by atoms with Gasteiger partial charge in [-0.15, -0.1) is 16.0 Å². The van der Waals surface area contributed by atoms with Gasteiger partial charge < -0.3 is 14.4 Å². The van der Waals surface area contributed by atoms with E-state index in [4.69, 9.17) is 77.5 Å². The van der Waals surface area contributed by atoms with Crippen LogP contribution in [0.5, 0.6) is 11.5 Å². The summed E-state index contributed by atoms with van der Waals surface area (Å²) in [6, 6.07) is 6.65. The fourth-order valence-electron chi connectivity index (χ4n) is 4.61. The van der Waals surface area contributed by atoms with Crippen molar-refractivity contribution in [1.29, 1.82) is 5.26 Å². The Bertz CT molecular complexity index is 1230. The van der Waals surface area contributed by atoms with Crippen LogP contribution in [0, 0.1) is 11.3 Å². The Labute approximate surface area is 223 Å². The third kappa shape index (κ3) is 4.76. The molecule has 1 atom stereocenters. The molecule has 36 heavy (non-hydrogen) atoms. The first-order valence-electron chi connectivity index (χ1n) is 11.1. The molecule has 1 amide bonds. The van der Waals surface area contributed by atoms with Crippen LogP contribution in [0.1, 0.15) is 43.4 Å². The maximum absolute atomic E-state index is 13.8. The number of hydrogen-bond acceptors (Lipinski definition) is 4. The van der Waals surface area contributed by atoms with E-state index in [-0.39, 0.29) is 38.7 Å². The summed E-state index contributed by atoms with van der Waals surface area (Å²) in [5.41, 5.74) is -2.48. The number of hydrogen-bond donors (Lipinski definition) is 0. The zero-order chi connectivity index (χ0) is 27.2. The van der Waals surface area contributed by atoms with Crippen molar-refractivity contribution in [3.63, 3.8) is 0 Å². The van der Waals surface area contributed by atoms with Gasteiger partial charge in [-0.1, -0.05) is 16.5 Å². The molecule has 0 saturated carbocycles. The van der Waals surface area contributed by atoms with Gasteiger partial charge in [-0.25, -0.2) is 0 Å². The Morgan fingerprint density at radius 3 is 2.14 bits per heavy atom. The molecular weight excluding hydrogens is 439 g/mol. The number of rotatable bonds is 6. The van der Waals surface area contributed by atoms with E-state index in [9.17, 15) is 4.79 Å². The summed E-state index contributed by atoms with van der Waals surface area (Å²) in [5, 5.41) is 7.24. The number of amides is 1. The molecule has 3 rings (SSSR count). The van der Waals surface area contributed by atoms with Crippen molar-refractivity contribution in [3.05, 3.63) is 34.9 Å². The fourth-order valence-corrected chi connectivity index (χ4v) is 4.61. The maximum atomic E-state index is 13.8. The summed E-state index contributed by atoms with van der Waals surface area (Å²) in [6.45, 7) is 3.48. The van der Waals surface area contributed by atoms with Crippen LogP contribution in [0.15, 0.2) is 18.2 Å². The van der Waals surface area contributed by atoms with Crippen LogP contribution in [0.3, 0.4) is 0 Å². The van der Waals surface area contributed by atoms with Gasteiger partial charge in [0, 0.05) is 18.0 Å². The van der Waals surface area contributed by atoms with Crippen molar-refractivity contribution in [2.75, 3.05) is 13.7 Å². The van der Waals surface area contributed by atoms with Crippen molar-refractivity contribution >= 4 is 90.5 Å². The lowest BCUT2D eigenvalue weighted by Crippen LogP contribution is -2.61. The van der Waals surface area contributed by atoms with Gasteiger partial charge in [0.15, 0.2) is 17.1 Å². The van der Waals surface area contributed by atoms with Gasteiger partial charge >= 0.3 is 0 Å². The normalized spacial score (nSPS) is 18.0.